The summed E-state index contributed by atoms with van der Waals surface area (Å²) in [4.78, 5) is 0.231. The van der Waals surface area contributed by atoms with Gasteiger partial charge in [0.15, 0.2) is 5.82 Å². The Kier molecular flexibility index (Phi) is 5.99. The quantitative estimate of drug-likeness (QED) is 0.629. The van der Waals surface area contributed by atoms with Gasteiger partial charge in [-0.1, -0.05) is 17.2 Å². The van der Waals surface area contributed by atoms with Gasteiger partial charge in [0.2, 0.25) is 10.0 Å². The SMILES string of the molecule is CCn1c(Oc2ccc(F)cc2)nnc1[C@@H](C)NS(=O)(=O)c1cc(C)ccc1C. The zero-order valence-corrected chi connectivity index (χ0v) is 17.5. The van der Waals surface area contributed by atoms with Crippen molar-refractivity contribution in [1.29, 1.82) is 0 Å². The molecular weight excluding hydrogens is 395 g/mol. The number of ether oxygens (including phenoxy) is 1. The van der Waals surface area contributed by atoms with Crippen LogP contribution in [-0.4, -0.2) is 23.2 Å². The lowest BCUT2D eigenvalue weighted by molar-refractivity contribution is 0.407. The third-order valence-electron chi connectivity index (χ3n) is 4.44. The summed E-state index contributed by atoms with van der Waals surface area (Å²) >= 11 is 0. The van der Waals surface area contributed by atoms with Gasteiger partial charge >= 0.3 is 6.01 Å². The first kappa shape index (κ1) is 20.9. The molecule has 1 aromatic heterocycles. The zero-order valence-electron chi connectivity index (χ0n) is 16.7. The number of hydrogen-bond acceptors (Lipinski definition) is 5. The Morgan fingerprint density at radius 3 is 2.48 bits per heavy atom. The minimum Gasteiger partial charge on any atom is -0.424 e. The van der Waals surface area contributed by atoms with Crippen LogP contribution in [0.4, 0.5) is 4.39 Å². The summed E-state index contributed by atoms with van der Waals surface area (Å²) < 4.78 is 48.9. The average Bonchev–Trinajstić information content (AvgIpc) is 3.08. The molecule has 1 heterocycles. The van der Waals surface area contributed by atoms with E-state index in [4.69, 9.17) is 4.74 Å². The first-order valence-corrected chi connectivity index (χ1v) is 10.7. The molecule has 29 heavy (non-hydrogen) atoms. The second kappa shape index (κ2) is 8.30. The lowest BCUT2D eigenvalue weighted by Gasteiger charge is -2.16. The van der Waals surface area contributed by atoms with Crippen molar-refractivity contribution in [2.45, 2.75) is 45.2 Å². The normalized spacial score (nSPS) is 12.7. The molecule has 0 aliphatic heterocycles. The van der Waals surface area contributed by atoms with Gasteiger partial charge in [-0.05, 0) is 69.2 Å². The standard InChI is InChI=1S/C20H23FN4O3S/c1-5-25-19(22-23-20(25)28-17-10-8-16(21)9-11-17)15(4)24-29(26,27)18-12-13(2)6-7-14(18)3/h6-12,15,24H,5H2,1-4H3/t15-/m1/s1. The summed E-state index contributed by atoms with van der Waals surface area (Å²) in [6.07, 6.45) is 0. The molecule has 0 fully saturated rings. The van der Waals surface area contributed by atoms with Crippen LogP contribution in [0.15, 0.2) is 47.4 Å². The molecule has 0 spiro atoms. The number of halogens is 1. The monoisotopic (exact) mass is 418 g/mol. The largest absolute Gasteiger partial charge is 0.424 e. The van der Waals surface area contributed by atoms with Crippen molar-refractivity contribution in [2.24, 2.45) is 0 Å². The van der Waals surface area contributed by atoms with Gasteiger partial charge in [0.1, 0.15) is 11.6 Å². The van der Waals surface area contributed by atoms with Gasteiger partial charge in [0, 0.05) is 6.54 Å². The van der Waals surface area contributed by atoms with Crippen molar-refractivity contribution in [3.63, 3.8) is 0 Å². The molecule has 3 aromatic rings. The molecule has 2 aromatic carbocycles. The van der Waals surface area contributed by atoms with Crippen LogP contribution in [0.3, 0.4) is 0 Å². The van der Waals surface area contributed by atoms with E-state index in [1.54, 1.807) is 30.5 Å². The number of rotatable bonds is 7. The molecule has 0 radical (unpaired) electrons. The molecule has 0 saturated carbocycles. The minimum atomic E-state index is -3.75. The fourth-order valence-electron chi connectivity index (χ4n) is 2.95. The fraction of sp³-hybridized carbons (Fsp3) is 0.300. The van der Waals surface area contributed by atoms with Crippen LogP contribution in [0.1, 0.15) is 36.8 Å². The topological polar surface area (TPSA) is 86.1 Å². The molecule has 9 heteroatoms. The van der Waals surface area contributed by atoms with E-state index in [1.165, 1.54) is 24.3 Å². The highest BCUT2D eigenvalue weighted by atomic mass is 32.2. The van der Waals surface area contributed by atoms with Crippen molar-refractivity contribution in [3.8, 4) is 11.8 Å². The Morgan fingerprint density at radius 2 is 1.83 bits per heavy atom. The van der Waals surface area contributed by atoms with E-state index >= 15 is 0 Å². The van der Waals surface area contributed by atoms with Gasteiger partial charge in [-0.2, -0.15) is 0 Å². The number of nitrogens with zero attached hydrogens (tertiary/aromatic N) is 3. The first-order valence-electron chi connectivity index (χ1n) is 9.17. The minimum absolute atomic E-state index is 0.201. The number of sulfonamides is 1. The Balaban J connectivity index is 1.85. The van der Waals surface area contributed by atoms with Gasteiger partial charge in [-0.3, -0.25) is 4.57 Å². The number of benzene rings is 2. The third-order valence-corrected chi connectivity index (χ3v) is 6.12. The van der Waals surface area contributed by atoms with Crippen molar-refractivity contribution in [1.82, 2.24) is 19.5 Å². The number of hydrogen-bond donors (Lipinski definition) is 1. The van der Waals surface area contributed by atoms with E-state index < -0.39 is 16.1 Å². The Labute approximate surface area is 169 Å². The van der Waals surface area contributed by atoms with Crippen LogP contribution >= 0.6 is 0 Å². The van der Waals surface area contributed by atoms with Crippen LogP contribution in [0, 0.1) is 19.7 Å². The summed E-state index contributed by atoms with van der Waals surface area (Å²) in [5.74, 6) is 0.451. The molecule has 0 bridgehead atoms. The Morgan fingerprint density at radius 1 is 1.14 bits per heavy atom. The summed E-state index contributed by atoms with van der Waals surface area (Å²) in [6, 6.07) is 10.4. The van der Waals surface area contributed by atoms with Crippen LogP contribution in [0.25, 0.3) is 0 Å². The molecule has 1 N–H and O–H groups in total. The van der Waals surface area contributed by atoms with E-state index in [0.29, 0.717) is 23.7 Å². The maximum Gasteiger partial charge on any atom is 0.322 e. The van der Waals surface area contributed by atoms with Gasteiger partial charge in [-0.15, -0.1) is 5.10 Å². The molecule has 154 valence electrons. The van der Waals surface area contributed by atoms with E-state index in [9.17, 15) is 12.8 Å². The van der Waals surface area contributed by atoms with Gasteiger partial charge in [0.25, 0.3) is 0 Å². The first-order chi connectivity index (χ1) is 13.7. The van der Waals surface area contributed by atoms with Crippen molar-refractivity contribution in [3.05, 3.63) is 65.2 Å². The zero-order chi connectivity index (χ0) is 21.2. The van der Waals surface area contributed by atoms with Crippen LogP contribution in [0.2, 0.25) is 0 Å². The molecule has 7 nitrogen and oxygen atoms in total. The summed E-state index contributed by atoms with van der Waals surface area (Å²) in [6.45, 7) is 7.63. The highest BCUT2D eigenvalue weighted by molar-refractivity contribution is 7.89. The Bertz CT molecular complexity index is 1110. The maximum atomic E-state index is 13.1. The second-order valence-corrected chi connectivity index (χ2v) is 8.44. The molecule has 1 atom stereocenters. The van der Waals surface area contributed by atoms with Crippen LogP contribution < -0.4 is 9.46 Å². The second-order valence-electron chi connectivity index (χ2n) is 6.75. The van der Waals surface area contributed by atoms with E-state index in [-0.39, 0.29) is 16.7 Å². The average molecular weight is 418 g/mol. The molecule has 0 saturated heterocycles. The third kappa shape index (κ3) is 4.63. The molecular formula is C20H23FN4O3S. The van der Waals surface area contributed by atoms with Crippen molar-refractivity contribution >= 4 is 10.0 Å². The van der Waals surface area contributed by atoms with Gasteiger partial charge < -0.3 is 4.74 Å². The van der Waals surface area contributed by atoms with E-state index in [2.05, 4.69) is 14.9 Å². The lowest BCUT2D eigenvalue weighted by atomic mass is 10.2. The van der Waals surface area contributed by atoms with Crippen molar-refractivity contribution < 1.29 is 17.5 Å². The van der Waals surface area contributed by atoms with Gasteiger partial charge in [-0.25, -0.2) is 17.5 Å². The molecule has 0 unspecified atom stereocenters. The van der Waals surface area contributed by atoms with E-state index in [1.807, 2.05) is 19.9 Å². The van der Waals surface area contributed by atoms with Crippen LogP contribution in [0.5, 0.6) is 11.8 Å². The highest BCUT2D eigenvalue weighted by Gasteiger charge is 2.25. The predicted molar refractivity (Wildman–Crippen MR) is 107 cm³/mol. The Hall–Kier alpha value is -2.78. The summed E-state index contributed by atoms with van der Waals surface area (Å²) in [5.41, 5.74) is 1.52. The summed E-state index contributed by atoms with van der Waals surface area (Å²) in [5, 5.41) is 8.13. The van der Waals surface area contributed by atoms with Crippen molar-refractivity contribution in [2.75, 3.05) is 0 Å². The molecule has 0 aliphatic rings. The summed E-state index contributed by atoms with van der Waals surface area (Å²) in [7, 11) is -3.75. The number of aryl methyl sites for hydroxylation is 2. The molecule has 3 rings (SSSR count). The lowest BCUT2D eigenvalue weighted by Crippen LogP contribution is -2.29. The van der Waals surface area contributed by atoms with E-state index in [0.717, 1.165) is 5.56 Å². The van der Waals surface area contributed by atoms with Crippen LogP contribution in [-0.2, 0) is 16.6 Å². The highest BCUT2D eigenvalue weighted by Crippen LogP contribution is 2.25. The number of aromatic nitrogens is 3. The fourth-order valence-corrected chi connectivity index (χ4v) is 4.48. The molecule has 0 aliphatic carbocycles. The maximum absolute atomic E-state index is 13.1. The predicted octanol–water partition coefficient (Wildman–Crippen LogP) is 3.89. The smallest absolute Gasteiger partial charge is 0.322 e. The molecule has 0 amide bonds. The number of nitrogens with one attached hydrogen (secondary N) is 1. The van der Waals surface area contributed by atoms with Gasteiger partial charge in [0.05, 0.1) is 10.9 Å².